The van der Waals surface area contributed by atoms with Gasteiger partial charge in [0, 0.05) is 12.5 Å². The van der Waals surface area contributed by atoms with Crippen LogP contribution in [-0.2, 0) is 11.3 Å². The lowest BCUT2D eigenvalue weighted by molar-refractivity contribution is -0.120. The molecule has 1 aliphatic heterocycles. The topological polar surface area (TPSA) is 103 Å². The van der Waals surface area contributed by atoms with Gasteiger partial charge in [-0.3, -0.25) is 9.59 Å². The number of fused-ring (bicyclic) bond motifs is 1. The number of hydrogen-bond donors (Lipinski definition) is 3. The Morgan fingerprint density at radius 3 is 2.76 bits per heavy atom. The molecule has 7 heteroatoms. The fraction of sp³-hybridized carbons (Fsp3) is 0.364. The summed E-state index contributed by atoms with van der Waals surface area (Å²) in [5.41, 5.74) is 7.66. The highest BCUT2D eigenvalue weighted by Gasteiger charge is 2.32. The first kappa shape index (κ1) is 19.3. The third kappa shape index (κ3) is 4.19. The number of nitrogens with two attached hydrogens (primary N) is 1. The second-order valence-electron chi connectivity index (χ2n) is 7.44. The lowest BCUT2D eigenvalue weighted by atomic mass is 9.95. The average Bonchev–Trinajstić information content (AvgIpc) is 3.41. The summed E-state index contributed by atoms with van der Waals surface area (Å²) in [4.78, 5) is 25.5. The minimum Gasteiger partial charge on any atom is -0.454 e. The normalized spacial score (nSPS) is 19.8. The maximum absolute atomic E-state index is 12.8. The SMILES string of the molecule is NC[C@H]1CCC[C@H]1C(=O)Nc1ccccc1C(=O)NCc1ccc2c(c1)OCO2. The third-order valence-corrected chi connectivity index (χ3v) is 5.62. The van der Waals surface area contributed by atoms with E-state index in [-0.39, 0.29) is 30.4 Å². The molecule has 152 valence electrons. The van der Waals surface area contributed by atoms with Gasteiger partial charge in [-0.2, -0.15) is 0 Å². The molecule has 0 radical (unpaired) electrons. The van der Waals surface area contributed by atoms with Gasteiger partial charge < -0.3 is 25.8 Å². The molecule has 4 N–H and O–H groups in total. The van der Waals surface area contributed by atoms with Crippen molar-refractivity contribution in [1.29, 1.82) is 0 Å². The number of anilines is 1. The van der Waals surface area contributed by atoms with Crippen LogP contribution in [0.25, 0.3) is 0 Å². The second kappa shape index (κ2) is 8.53. The summed E-state index contributed by atoms with van der Waals surface area (Å²) in [5, 5.41) is 5.84. The molecule has 1 saturated carbocycles. The number of para-hydroxylation sites is 1. The molecule has 0 saturated heterocycles. The van der Waals surface area contributed by atoms with Crippen molar-refractivity contribution in [2.45, 2.75) is 25.8 Å². The van der Waals surface area contributed by atoms with E-state index < -0.39 is 0 Å². The van der Waals surface area contributed by atoms with Gasteiger partial charge in [-0.1, -0.05) is 24.6 Å². The summed E-state index contributed by atoms with van der Waals surface area (Å²) in [7, 11) is 0. The van der Waals surface area contributed by atoms with Gasteiger partial charge in [0.15, 0.2) is 11.5 Å². The zero-order valence-electron chi connectivity index (χ0n) is 16.1. The highest BCUT2D eigenvalue weighted by atomic mass is 16.7. The highest BCUT2D eigenvalue weighted by Crippen LogP contribution is 2.33. The molecule has 2 aromatic carbocycles. The van der Waals surface area contributed by atoms with Gasteiger partial charge in [0.2, 0.25) is 12.7 Å². The zero-order valence-corrected chi connectivity index (χ0v) is 16.1. The first-order chi connectivity index (χ1) is 14.2. The van der Waals surface area contributed by atoms with E-state index in [4.69, 9.17) is 15.2 Å². The van der Waals surface area contributed by atoms with Crippen LogP contribution in [0.5, 0.6) is 11.5 Å². The van der Waals surface area contributed by atoms with Crippen molar-refractivity contribution in [3.05, 3.63) is 53.6 Å². The molecule has 4 rings (SSSR count). The van der Waals surface area contributed by atoms with Gasteiger partial charge >= 0.3 is 0 Å². The molecule has 2 aromatic rings. The Morgan fingerprint density at radius 1 is 1.07 bits per heavy atom. The minimum atomic E-state index is -0.250. The van der Waals surface area contributed by atoms with Crippen LogP contribution in [0.1, 0.15) is 35.2 Å². The predicted molar refractivity (Wildman–Crippen MR) is 109 cm³/mol. The first-order valence-electron chi connectivity index (χ1n) is 9.92. The van der Waals surface area contributed by atoms with Crippen LogP contribution >= 0.6 is 0 Å². The van der Waals surface area contributed by atoms with Gasteiger partial charge in [-0.25, -0.2) is 0 Å². The minimum absolute atomic E-state index is 0.0611. The number of amides is 2. The molecule has 2 amide bonds. The van der Waals surface area contributed by atoms with Crippen molar-refractivity contribution >= 4 is 17.5 Å². The largest absolute Gasteiger partial charge is 0.454 e. The summed E-state index contributed by atoms with van der Waals surface area (Å²) in [6.07, 6.45) is 2.83. The smallest absolute Gasteiger partial charge is 0.253 e. The van der Waals surface area contributed by atoms with Crippen LogP contribution in [0.2, 0.25) is 0 Å². The summed E-state index contributed by atoms with van der Waals surface area (Å²) in [6.45, 7) is 1.07. The zero-order chi connectivity index (χ0) is 20.2. The lowest BCUT2D eigenvalue weighted by Gasteiger charge is -2.18. The van der Waals surface area contributed by atoms with E-state index >= 15 is 0 Å². The molecule has 2 aliphatic rings. The number of rotatable bonds is 6. The van der Waals surface area contributed by atoms with Crippen LogP contribution in [0.3, 0.4) is 0 Å². The number of ether oxygens (including phenoxy) is 2. The Labute approximate surface area is 169 Å². The van der Waals surface area contributed by atoms with Crippen molar-refractivity contribution in [1.82, 2.24) is 5.32 Å². The lowest BCUT2D eigenvalue weighted by Crippen LogP contribution is -2.31. The molecule has 0 bridgehead atoms. The quantitative estimate of drug-likeness (QED) is 0.698. The van der Waals surface area contributed by atoms with Crippen LogP contribution in [0.15, 0.2) is 42.5 Å². The van der Waals surface area contributed by atoms with E-state index in [0.717, 1.165) is 24.8 Å². The standard InChI is InChI=1S/C22H25N3O4/c23-11-15-4-3-6-16(15)22(27)25-18-7-2-1-5-17(18)21(26)24-12-14-8-9-19-20(10-14)29-13-28-19/h1-2,5,7-10,15-16H,3-4,6,11-13,23H2,(H,24,26)(H,25,27)/t15-,16-/m1/s1. The Balaban J connectivity index is 1.42. The van der Waals surface area contributed by atoms with E-state index in [1.54, 1.807) is 24.3 Å². The number of carbonyl (C=O) groups is 2. The van der Waals surface area contributed by atoms with Crippen LogP contribution in [0.4, 0.5) is 5.69 Å². The van der Waals surface area contributed by atoms with Crippen LogP contribution in [0, 0.1) is 11.8 Å². The van der Waals surface area contributed by atoms with Crippen LogP contribution in [-0.4, -0.2) is 25.2 Å². The van der Waals surface area contributed by atoms with E-state index in [9.17, 15) is 9.59 Å². The van der Waals surface area contributed by atoms with Gasteiger partial charge in [-0.15, -0.1) is 0 Å². The van der Waals surface area contributed by atoms with Crippen molar-refractivity contribution in [2.24, 2.45) is 17.6 Å². The van der Waals surface area contributed by atoms with Crippen molar-refractivity contribution < 1.29 is 19.1 Å². The summed E-state index contributed by atoms with van der Waals surface area (Å²) < 4.78 is 10.7. The fourth-order valence-corrected chi connectivity index (χ4v) is 4.01. The molecule has 1 aliphatic carbocycles. The molecule has 0 aromatic heterocycles. The number of hydrogen-bond acceptors (Lipinski definition) is 5. The monoisotopic (exact) mass is 395 g/mol. The molecule has 7 nitrogen and oxygen atoms in total. The average molecular weight is 395 g/mol. The molecule has 0 spiro atoms. The fourth-order valence-electron chi connectivity index (χ4n) is 4.01. The molecule has 1 fully saturated rings. The molecular weight excluding hydrogens is 370 g/mol. The highest BCUT2D eigenvalue weighted by molar-refractivity contribution is 6.04. The number of nitrogens with one attached hydrogen (secondary N) is 2. The first-order valence-corrected chi connectivity index (χ1v) is 9.92. The molecule has 2 atom stereocenters. The Kier molecular flexibility index (Phi) is 5.67. The molecule has 0 unspecified atom stereocenters. The summed E-state index contributed by atoms with van der Waals surface area (Å²) >= 11 is 0. The van der Waals surface area contributed by atoms with E-state index in [0.29, 0.717) is 35.8 Å². The Morgan fingerprint density at radius 2 is 1.90 bits per heavy atom. The van der Waals surface area contributed by atoms with Crippen molar-refractivity contribution in [3.63, 3.8) is 0 Å². The third-order valence-electron chi connectivity index (χ3n) is 5.62. The summed E-state index contributed by atoms with van der Waals surface area (Å²) in [5.74, 6) is 1.19. The second-order valence-corrected chi connectivity index (χ2v) is 7.44. The van der Waals surface area contributed by atoms with Crippen molar-refractivity contribution in [2.75, 3.05) is 18.7 Å². The predicted octanol–water partition coefficient (Wildman–Crippen LogP) is 2.66. The van der Waals surface area contributed by atoms with Gasteiger partial charge in [0.1, 0.15) is 0 Å². The van der Waals surface area contributed by atoms with E-state index in [2.05, 4.69) is 10.6 Å². The Bertz CT molecular complexity index is 915. The van der Waals surface area contributed by atoms with E-state index in [1.165, 1.54) is 0 Å². The van der Waals surface area contributed by atoms with Crippen LogP contribution < -0.4 is 25.8 Å². The maximum Gasteiger partial charge on any atom is 0.253 e. The molecule has 29 heavy (non-hydrogen) atoms. The number of benzene rings is 2. The summed E-state index contributed by atoms with van der Waals surface area (Å²) in [6, 6.07) is 12.6. The molecule has 1 heterocycles. The maximum atomic E-state index is 12.8. The number of carbonyl (C=O) groups excluding carboxylic acids is 2. The van der Waals surface area contributed by atoms with Crippen molar-refractivity contribution in [3.8, 4) is 11.5 Å². The Hall–Kier alpha value is -3.06. The molecular formula is C22H25N3O4. The van der Waals surface area contributed by atoms with Gasteiger partial charge in [0.05, 0.1) is 11.3 Å². The van der Waals surface area contributed by atoms with Gasteiger partial charge in [-0.05, 0) is 55.1 Å². The van der Waals surface area contributed by atoms with E-state index in [1.807, 2.05) is 18.2 Å². The van der Waals surface area contributed by atoms with Gasteiger partial charge in [0.25, 0.3) is 5.91 Å².